The maximum absolute atomic E-state index is 12.8. The van der Waals surface area contributed by atoms with Gasteiger partial charge in [-0.2, -0.15) is 29.1 Å². The van der Waals surface area contributed by atoms with Gasteiger partial charge in [-0.1, -0.05) is 28.9 Å². The van der Waals surface area contributed by atoms with Crippen molar-refractivity contribution in [3.8, 4) is 6.19 Å². The van der Waals surface area contributed by atoms with Crippen molar-refractivity contribution in [2.45, 2.75) is 6.18 Å². The molecule has 0 saturated carbocycles. The van der Waals surface area contributed by atoms with Gasteiger partial charge in [0.2, 0.25) is 6.19 Å². The molecule has 1 aromatic rings. The molecule has 9 heteroatoms. The van der Waals surface area contributed by atoms with E-state index in [0.717, 1.165) is 0 Å². The fourth-order valence-corrected chi connectivity index (χ4v) is 1.49. The molecular weight excluding hydrogens is 283 g/mol. The highest BCUT2D eigenvalue weighted by Gasteiger charge is 2.42. The molecule has 0 fully saturated rings. The van der Waals surface area contributed by atoms with Crippen LogP contribution in [0, 0.1) is 11.5 Å². The summed E-state index contributed by atoms with van der Waals surface area (Å²) in [5.74, 6) is 0. The smallest absolute Gasteiger partial charge is 0.187 e. The summed E-state index contributed by atoms with van der Waals surface area (Å²) in [7, 11) is 0. The van der Waals surface area contributed by atoms with Crippen LogP contribution in [-0.2, 0) is 0 Å². The lowest BCUT2D eigenvalue weighted by atomic mass is 10.1. The van der Waals surface area contributed by atoms with E-state index >= 15 is 0 Å². The first kappa shape index (κ1) is 13.2. The molecule has 0 radical (unpaired) electrons. The van der Waals surface area contributed by atoms with E-state index in [1.807, 2.05) is 5.53 Å². The third-order valence-electron chi connectivity index (χ3n) is 2.16. The molecule has 1 aliphatic heterocycles. The maximum Gasteiger partial charge on any atom is 0.437 e. The Hall–Kier alpha value is -2.27. The molecule has 0 bridgehead atoms. The molecule has 0 saturated heterocycles. The standard InChI is InChI=1S/C10H5ClF3N5/c11-7-3-1-6(2-4-7)8-9(10(12,13)14)16-18-19(5-15)17-8/h1-4,18H. The average molecular weight is 288 g/mol. The summed E-state index contributed by atoms with van der Waals surface area (Å²) < 4.78 is 38.4. The van der Waals surface area contributed by atoms with Crippen molar-refractivity contribution in [2.75, 3.05) is 0 Å². The molecule has 0 aromatic heterocycles. The molecule has 0 aliphatic carbocycles. The predicted octanol–water partition coefficient (Wildman–Crippen LogP) is 2.26. The van der Waals surface area contributed by atoms with Crippen molar-refractivity contribution in [1.29, 1.82) is 5.26 Å². The molecular formula is C10H5ClF3N5. The number of halogens is 4. The highest BCUT2D eigenvalue weighted by Crippen LogP contribution is 2.23. The number of alkyl halides is 3. The monoisotopic (exact) mass is 287 g/mol. The number of hydrogen-bond donors (Lipinski definition) is 1. The van der Waals surface area contributed by atoms with Gasteiger partial charge in [0.05, 0.1) is 0 Å². The Morgan fingerprint density at radius 1 is 1.26 bits per heavy atom. The van der Waals surface area contributed by atoms with Gasteiger partial charge >= 0.3 is 6.18 Å². The number of nitrogens with one attached hydrogen (secondary N) is 1. The van der Waals surface area contributed by atoms with Crippen molar-refractivity contribution in [1.82, 2.24) is 10.7 Å². The second kappa shape index (κ2) is 4.78. The van der Waals surface area contributed by atoms with E-state index in [-0.39, 0.29) is 5.56 Å². The fourth-order valence-electron chi connectivity index (χ4n) is 1.36. The van der Waals surface area contributed by atoms with Crippen LogP contribution in [0.3, 0.4) is 0 Å². The van der Waals surface area contributed by atoms with Crippen LogP contribution in [0.2, 0.25) is 5.02 Å². The zero-order valence-corrected chi connectivity index (χ0v) is 9.87. The normalized spacial score (nSPS) is 15.2. The lowest BCUT2D eigenvalue weighted by Crippen LogP contribution is -2.42. The second-order valence-electron chi connectivity index (χ2n) is 3.43. The number of benzene rings is 1. The van der Waals surface area contributed by atoms with Crippen molar-refractivity contribution >= 4 is 23.0 Å². The third-order valence-corrected chi connectivity index (χ3v) is 2.41. The van der Waals surface area contributed by atoms with Crippen LogP contribution in [0.5, 0.6) is 0 Å². The van der Waals surface area contributed by atoms with E-state index in [1.54, 1.807) is 0 Å². The lowest BCUT2D eigenvalue weighted by molar-refractivity contribution is -0.0578. The second-order valence-corrected chi connectivity index (χ2v) is 3.86. The SMILES string of the molecule is N#CN1N=C(c2ccc(Cl)cc2)C(C(F)(F)F)=NN1. The Morgan fingerprint density at radius 2 is 1.89 bits per heavy atom. The largest absolute Gasteiger partial charge is 0.437 e. The topological polar surface area (TPSA) is 63.8 Å². The Kier molecular flexibility index (Phi) is 3.31. The highest BCUT2D eigenvalue weighted by atomic mass is 35.5. The van der Waals surface area contributed by atoms with E-state index in [9.17, 15) is 13.2 Å². The third kappa shape index (κ3) is 2.77. The summed E-state index contributed by atoms with van der Waals surface area (Å²) in [6.45, 7) is 0. The van der Waals surface area contributed by atoms with Gasteiger partial charge in [0.25, 0.3) is 0 Å². The van der Waals surface area contributed by atoms with Crippen molar-refractivity contribution < 1.29 is 13.2 Å². The number of nitrogens with zero attached hydrogens (tertiary/aromatic N) is 4. The maximum atomic E-state index is 12.8. The van der Waals surface area contributed by atoms with Crippen molar-refractivity contribution in [2.24, 2.45) is 10.2 Å². The predicted molar refractivity (Wildman–Crippen MR) is 62.1 cm³/mol. The van der Waals surface area contributed by atoms with E-state index in [4.69, 9.17) is 16.9 Å². The minimum atomic E-state index is -4.69. The number of hydrogen-bond acceptors (Lipinski definition) is 5. The van der Waals surface area contributed by atoms with Crippen LogP contribution in [0.4, 0.5) is 13.2 Å². The Balaban J connectivity index is 2.48. The summed E-state index contributed by atoms with van der Waals surface area (Å²) in [5.41, 5.74) is 0.357. The minimum Gasteiger partial charge on any atom is -0.187 e. The summed E-state index contributed by atoms with van der Waals surface area (Å²) in [6.07, 6.45) is -3.17. The van der Waals surface area contributed by atoms with Gasteiger partial charge in [-0.3, -0.25) is 0 Å². The first-order valence-corrected chi connectivity index (χ1v) is 5.25. The molecule has 0 atom stereocenters. The number of hydrazine groups is 1. The van der Waals surface area contributed by atoms with E-state index in [1.165, 1.54) is 30.5 Å². The van der Waals surface area contributed by atoms with Gasteiger partial charge in [0.15, 0.2) is 5.71 Å². The minimum absolute atomic E-state index is 0.155. The molecule has 1 aliphatic rings. The van der Waals surface area contributed by atoms with E-state index in [2.05, 4.69) is 10.2 Å². The molecule has 1 aromatic carbocycles. The van der Waals surface area contributed by atoms with Crippen LogP contribution >= 0.6 is 11.6 Å². The zero-order valence-electron chi connectivity index (χ0n) is 9.11. The number of hydrazone groups is 2. The number of nitriles is 1. The van der Waals surface area contributed by atoms with Gasteiger partial charge in [0, 0.05) is 10.6 Å². The number of rotatable bonds is 1. The molecule has 0 amide bonds. The molecule has 0 spiro atoms. The Morgan fingerprint density at radius 3 is 2.42 bits per heavy atom. The Bertz CT molecular complexity index is 585. The highest BCUT2D eigenvalue weighted by molar-refractivity contribution is 6.50. The quantitative estimate of drug-likeness (QED) is 0.806. The first-order chi connectivity index (χ1) is 8.91. The first-order valence-electron chi connectivity index (χ1n) is 4.87. The summed E-state index contributed by atoms with van der Waals surface area (Å²) in [5, 5.41) is 16.2. The van der Waals surface area contributed by atoms with Crippen LogP contribution in [0.1, 0.15) is 5.56 Å². The van der Waals surface area contributed by atoms with E-state index in [0.29, 0.717) is 10.1 Å². The Labute approximate surface area is 110 Å². The average Bonchev–Trinajstić information content (AvgIpc) is 2.38. The molecule has 1 heterocycles. The van der Waals surface area contributed by atoms with Crippen LogP contribution in [0.25, 0.3) is 0 Å². The molecule has 98 valence electrons. The summed E-state index contributed by atoms with van der Waals surface area (Å²) in [6, 6.07) is 5.57. The summed E-state index contributed by atoms with van der Waals surface area (Å²) in [4.78, 5) is 0. The van der Waals surface area contributed by atoms with Crippen LogP contribution < -0.4 is 5.53 Å². The van der Waals surface area contributed by atoms with Gasteiger partial charge in [-0.25, -0.2) is 0 Å². The molecule has 0 unspecified atom stereocenters. The molecule has 19 heavy (non-hydrogen) atoms. The van der Waals surface area contributed by atoms with Crippen LogP contribution in [0.15, 0.2) is 34.5 Å². The molecule has 5 nitrogen and oxygen atoms in total. The lowest BCUT2D eigenvalue weighted by Gasteiger charge is -2.20. The van der Waals surface area contributed by atoms with Gasteiger partial charge < -0.3 is 0 Å². The molecule has 2 rings (SSSR count). The molecule has 1 N–H and O–H groups in total. The van der Waals surface area contributed by atoms with E-state index < -0.39 is 17.6 Å². The van der Waals surface area contributed by atoms with Gasteiger partial charge in [0.1, 0.15) is 5.71 Å². The van der Waals surface area contributed by atoms with Crippen LogP contribution in [-0.4, -0.2) is 22.7 Å². The van der Waals surface area contributed by atoms with Crippen molar-refractivity contribution in [3.05, 3.63) is 34.9 Å². The van der Waals surface area contributed by atoms with Crippen molar-refractivity contribution in [3.63, 3.8) is 0 Å². The summed E-state index contributed by atoms with van der Waals surface area (Å²) >= 11 is 5.67. The van der Waals surface area contributed by atoms with Gasteiger partial charge in [-0.15, -0.1) is 5.10 Å². The zero-order chi connectivity index (χ0) is 14.0. The van der Waals surface area contributed by atoms with Gasteiger partial charge in [-0.05, 0) is 12.1 Å². The fraction of sp³-hybridized carbons (Fsp3) is 0.100.